The van der Waals surface area contributed by atoms with Crippen molar-refractivity contribution >= 4 is 39.5 Å². The molecular formula is C71H138O17P2. The van der Waals surface area contributed by atoms with Crippen LogP contribution in [0, 0.1) is 5.92 Å². The van der Waals surface area contributed by atoms with Crippen molar-refractivity contribution in [3.8, 4) is 0 Å². The highest BCUT2D eigenvalue weighted by Crippen LogP contribution is 2.45. The molecule has 0 heterocycles. The number of carbonyl (C=O) groups is 4. The van der Waals surface area contributed by atoms with Gasteiger partial charge in [-0.1, -0.05) is 317 Å². The minimum absolute atomic E-state index is 0.107. The van der Waals surface area contributed by atoms with E-state index in [2.05, 4.69) is 34.6 Å². The molecule has 2 unspecified atom stereocenters. The zero-order valence-electron chi connectivity index (χ0n) is 58.3. The van der Waals surface area contributed by atoms with Crippen LogP contribution in [0.15, 0.2) is 0 Å². The predicted molar refractivity (Wildman–Crippen MR) is 363 cm³/mol. The Morgan fingerprint density at radius 2 is 0.511 bits per heavy atom. The Labute approximate surface area is 549 Å². The molecule has 0 radical (unpaired) electrons. The molecule has 19 heteroatoms. The van der Waals surface area contributed by atoms with Crippen molar-refractivity contribution in [3.63, 3.8) is 0 Å². The molecule has 0 rings (SSSR count). The lowest BCUT2D eigenvalue weighted by atomic mass is 10.0. The van der Waals surface area contributed by atoms with Crippen LogP contribution in [0.4, 0.5) is 0 Å². The molecule has 0 aromatic carbocycles. The van der Waals surface area contributed by atoms with Gasteiger partial charge in [-0.2, -0.15) is 0 Å². The average molecular weight is 1330 g/mol. The van der Waals surface area contributed by atoms with Crippen LogP contribution >= 0.6 is 15.6 Å². The molecule has 0 aliphatic rings. The van der Waals surface area contributed by atoms with Gasteiger partial charge in [-0.25, -0.2) is 9.13 Å². The summed E-state index contributed by atoms with van der Waals surface area (Å²) >= 11 is 0. The maximum atomic E-state index is 13.0. The Morgan fingerprint density at radius 3 is 0.756 bits per heavy atom. The van der Waals surface area contributed by atoms with Crippen molar-refractivity contribution in [1.29, 1.82) is 0 Å². The van der Waals surface area contributed by atoms with Gasteiger partial charge in [0.25, 0.3) is 0 Å². The molecule has 0 saturated heterocycles. The number of esters is 4. The molecule has 0 aromatic rings. The summed E-state index contributed by atoms with van der Waals surface area (Å²) in [6.45, 7) is 7.18. The number of rotatable bonds is 71. The van der Waals surface area contributed by atoms with Gasteiger partial charge in [0.1, 0.15) is 19.3 Å². The Hall–Kier alpha value is -1.94. The van der Waals surface area contributed by atoms with Crippen LogP contribution in [0.1, 0.15) is 369 Å². The standard InChI is InChI=1S/C71H138O17P2/c1-6-9-12-15-17-19-21-23-25-26-27-29-33-38-42-47-52-57-71(76)88-67(61-82-69(74)55-50-45-40-36-34-30-31-35-39-44-48-53-64(4)5)63-86-90(79,80)84-59-65(72)58-83-89(77,78)85-62-66(60-81-68(73)54-49-43-14-11-8-3)87-70(75)56-51-46-41-37-32-28-24-22-20-18-16-13-10-7-2/h64-67,72H,6-63H2,1-5H3,(H,77,78)(H,79,80)/t65-,66+,67+/m0/s1. The zero-order chi connectivity index (χ0) is 66.3. The van der Waals surface area contributed by atoms with Gasteiger partial charge in [0.2, 0.25) is 0 Å². The molecule has 0 aliphatic carbocycles. The first-order chi connectivity index (χ1) is 43.5. The fourth-order valence-electron chi connectivity index (χ4n) is 10.8. The van der Waals surface area contributed by atoms with Crippen LogP contribution in [0.3, 0.4) is 0 Å². The van der Waals surface area contributed by atoms with Crippen LogP contribution in [0.2, 0.25) is 0 Å². The first kappa shape index (κ1) is 88.1. The number of unbranched alkanes of at least 4 members (excludes halogenated alkanes) is 43. The van der Waals surface area contributed by atoms with E-state index in [1.807, 2.05) is 0 Å². The van der Waals surface area contributed by atoms with Gasteiger partial charge in [0.15, 0.2) is 12.2 Å². The summed E-state index contributed by atoms with van der Waals surface area (Å²) in [5, 5.41) is 10.6. The van der Waals surface area contributed by atoms with Crippen molar-refractivity contribution in [2.45, 2.75) is 387 Å². The monoisotopic (exact) mass is 1320 g/mol. The molecule has 3 N–H and O–H groups in total. The Bertz CT molecular complexity index is 1740. The third kappa shape index (κ3) is 64.8. The fraction of sp³-hybridized carbons (Fsp3) is 0.944. The van der Waals surface area contributed by atoms with E-state index in [4.69, 9.17) is 37.0 Å². The second kappa shape index (κ2) is 64.4. The van der Waals surface area contributed by atoms with Crippen molar-refractivity contribution in [2.75, 3.05) is 39.6 Å². The highest BCUT2D eigenvalue weighted by Gasteiger charge is 2.30. The average Bonchev–Trinajstić information content (AvgIpc) is 3.73. The Morgan fingerprint density at radius 1 is 0.300 bits per heavy atom. The minimum atomic E-state index is -4.95. The number of hydrogen-bond acceptors (Lipinski definition) is 15. The molecule has 90 heavy (non-hydrogen) atoms. The quantitative estimate of drug-likeness (QED) is 0.0222. The predicted octanol–water partition coefficient (Wildman–Crippen LogP) is 20.5. The molecule has 0 amide bonds. The lowest BCUT2D eigenvalue weighted by Gasteiger charge is -2.21. The van der Waals surface area contributed by atoms with E-state index >= 15 is 0 Å². The summed E-state index contributed by atoms with van der Waals surface area (Å²) in [6, 6.07) is 0. The summed E-state index contributed by atoms with van der Waals surface area (Å²) in [5.74, 6) is -1.36. The number of ether oxygens (including phenoxy) is 4. The van der Waals surface area contributed by atoms with E-state index in [-0.39, 0.29) is 25.7 Å². The number of carbonyl (C=O) groups excluding carboxylic acids is 4. The fourth-order valence-corrected chi connectivity index (χ4v) is 12.4. The molecule has 5 atom stereocenters. The first-order valence-corrected chi connectivity index (χ1v) is 40.1. The molecular weight excluding hydrogens is 1190 g/mol. The summed E-state index contributed by atoms with van der Waals surface area (Å²) in [5.41, 5.74) is 0. The first-order valence-electron chi connectivity index (χ1n) is 37.1. The van der Waals surface area contributed by atoms with Crippen molar-refractivity contribution in [1.82, 2.24) is 0 Å². The van der Waals surface area contributed by atoms with Gasteiger partial charge < -0.3 is 33.8 Å². The minimum Gasteiger partial charge on any atom is -0.462 e. The van der Waals surface area contributed by atoms with E-state index < -0.39 is 97.5 Å². The van der Waals surface area contributed by atoms with Crippen LogP contribution in [0.25, 0.3) is 0 Å². The van der Waals surface area contributed by atoms with E-state index in [1.54, 1.807) is 0 Å². The molecule has 0 aliphatic heterocycles. The van der Waals surface area contributed by atoms with E-state index in [0.29, 0.717) is 25.7 Å². The number of phosphoric acid groups is 2. The molecule has 0 aromatic heterocycles. The molecule has 534 valence electrons. The maximum Gasteiger partial charge on any atom is 0.472 e. The molecule has 0 bridgehead atoms. The Kier molecular flexibility index (Phi) is 63.0. The largest absolute Gasteiger partial charge is 0.472 e. The molecule has 0 saturated carbocycles. The number of phosphoric ester groups is 2. The molecule has 17 nitrogen and oxygen atoms in total. The van der Waals surface area contributed by atoms with E-state index in [1.165, 1.54) is 186 Å². The second-order valence-corrected chi connectivity index (χ2v) is 29.0. The summed E-state index contributed by atoms with van der Waals surface area (Å²) < 4.78 is 68.1. The molecule has 0 fully saturated rings. The van der Waals surface area contributed by atoms with Crippen molar-refractivity contribution < 1.29 is 80.2 Å². The SMILES string of the molecule is CCCCCCCCCCCCCCCCCCCC(=O)O[C@H](COC(=O)CCCCCCCCCCCCCC(C)C)COP(=O)(O)OC[C@@H](O)COP(=O)(O)OC[C@@H](COC(=O)CCCCCCC)OC(=O)CCCCCCCCCCCCCCCC. The van der Waals surface area contributed by atoms with Gasteiger partial charge >= 0.3 is 39.5 Å². The van der Waals surface area contributed by atoms with Crippen LogP contribution in [-0.2, 0) is 65.4 Å². The van der Waals surface area contributed by atoms with Crippen LogP contribution in [-0.4, -0.2) is 96.7 Å². The topological polar surface area (TPSA) is 237 Å². The number of aliphatic hydroxyl groups excluding tert-OH is 1. The van der Waals surface area contributed by atoms with Gasteiger partial charge in [-0.05, 0) is 31.6 Å². The van der Waals surface area contributed by atoms with Gasteiger partial charge in [0.05, 0.1) is 26.4 Å². The second-order valence-electron chi connectivity index (χ2n) is 26.1. The van der Waals surface area contributed by atoms with Gasteiger partial charge in [0, 0.05) is 25.7 Å². The lowest BCUT2D eigenvalue weighted by molar-refractivity contribution is -0.161. The lowest BCUT2D eigenvalue weighted by Crippen LogP contribution is -2.30. The van der Waals surface area contributed by atoms with Crippen LogP contribution in [0.5, 0.6) is 0 Å². The normalized spacial score (nSPS) is 14.1. The number of hydrogen-bond donors (Lipinski definition) is 3. The maximum absolute atomic E-state index is 13.0. The summed E-state index contributed by atoms with van der Waals surface area (Å²) in [4.78, 5) is 72.3. The summed E-state index contributed by atoms with van der Waals surface area (Å²) in [6.07, 6.45) is 51.6. The third-order valence-electron chi connectivity index (χ3n) is 16.5. The summed E-state index contributed by atoms with van der Waals surface area (Å²) in [7, 11) is -9.89. The van der Waals surface area contributed by atoms with Crippen molar-refractivity contribution in [2.24, 2.45) is 5.92 Å². The highest BCUT2D eigenvalue weighted by atomic mass is 31.2. The van der Waals surface area contributed by atoms with Crippen LogP contribution < -0.4 is 0 Å². The van der Waals surface area contributed by atoms with Gasteiger partial charge in [-0.3, -0.25) is 37.3 Å². The van der Waals surface area contributed by atoms with E-state index in [9.17, 15) is 43.2 Å². The smallest absolute Gasteiger partial charge is 0.462 e. The molecule has 0 spiro atoms. The van der Waals surface area contributed by atoms with Gasteiger partial charge in [-0.15, -0.1) is 0 Å². The van der Waals surface area contributed by atoms with Crippen molar-refractivity contribution in [3.05, 3.63) is 0 Å². The number of aliphatic hydroxyl groups is 1. The third-order valence-corrected chi connectivity index (χ3v) is 18.4. The highest BCUT2D eigenvalue weighted by molar-refractivity contribution is 7.47. The zero-order valence-corrected chi connectivity index (χ0v) is 60.1. The van der Waals surface area contributed by atoms with E-state index in [0.717, 1.165) is 102 Å². The Balaban J connectivity index is 5.15.